The maximum atomic E-state index is 12.5. The molecule has 1 aromatic carbocycles. The Kier molecular flexibility index (Phi) is 4.40. The van der Waals surface area contributed by atoms with Crippen LogP contribution in [0.5, 0.6) is 0 Å². The number of allylic oxidation sites excluding steroid dienone is 2. The third kappa shape index (κ3) is 2.87. The summed E-state index contributed by atoms with van der Waals surface area (Å²) >= 11 is 11.8. The van der Waals surface area contributed by atoms with Gasteiger partial charge < -0.3 is 10.2 Å². The van der Waals surface area contributed by atoms with Gasteiger partial charge in [-0.15, -0.1) is 0 Å². The molecule has 26 heavy (non-hydrogen) atoms. The van der Waals surface area contributed by atoms with Crippen LogP contribution in [0.25, 0.3) is 0 Å². The fraction of sp³-hybridized carbons (Fsp3) is 0.389. The Hall–Kier alpha value is -2.05. The first-order chi connectivity index (χ1) is 12.5. The first-order valence-corrected chi connectivity index (χ1v) is 9.24. The van der Waals surface area contributed by atoms with Gasteiger partial charge in [0.05, 0.1) is 27.9 Å². The average molecular weight is 394 g/mol. The van der Waals surface area contributed by atoms with Crippen LogP contribution in [0, 0.1) is 11.8 Å². The van der Waals surface area contributed by atoms with E-state index < -0.39 is 0 Å². The van der Waals surface area contributed by atoms with Crippen LogP contribution in [0.4, 0.5) is 10.5 Å². The van der Waals surface area contributed by atoms with E-state index in [2.05, 4.69) is 5.32 Å². The Bertz CT molecular complexity index is 794. The summed E-state index contributed by atoms with van der Waals surface area (Å²) in [4.78, 5) is 40.3. The summed E-state index contributed by atoms with van der Waals surface area (Å²) < 4.78 is 0. The number of urea groups is 1. The molecule has 3 aliphatic rings. The molecule has 2 saturated heterocycles. The van der Waals surface area contributed by atoms with E-state index in [1.54, 1.807) is 23.1 Å². The number of rotatable bonds is 2. The Morgan fingerprint density at radius 1 is 1.00 bits per heavy atom. The van der Waals surface area contributed by atoms with Crippen molar-refractivity contribution < 1.29 is 14.4 Å². The van der Waals surface area contributed by atoms with Gasteiger partial charge in [-0.05, 0) is 31.0 Å². The quantitative estimate of drug-likeness (QED) is 0.619. The third-order valence-corrected chi connectivity index (χ3v) is 5.97. The van der Waals surface area contributed by atoms with Crippen molar-refractivity contribution in [2.45, 2.75) is 18.9 Å². The fourth-order valence-electron chi connectivity index (χ4n) is 3.75. The van der Waals surface area contributed by atoms with Crippen molar-refractivity contribution in [1.82, 2.24) is 9.80 Å². The maximum Gasteiger partial charge on any atom is 0.321 e. The van der Waals surface area contributed by atoms with E-state index in [9.17, 15) is 14.4 Å². The molecule has 0 aromatic heterocycles. The summed E-state index contributed by atoms with van der Waals surface area (Å²) in [5.41, 5.74) is 0.540. The predicted molar refractivity (Wildman–Crippen MR) is 98.0 cm³/mol. The van der Waals surface area contributed by atoms with Gasteiger partial charge in [0.1, 0.15) is 0 Å². The summed E-state index contributed by atoms with van der Waals surface area (Å²) in [6.45, 7) is 0.689. The zero-order valence-electron chi connectivity index (χ0n) is 13.8. The molecule has 4 amide bonds. The van der Waals surface area contributed by atoms with Gasteiger partial charge in [0, 0.05) is 18.8 Å². The van der Waals surface area contributed by atoms with Gasteiger partial charge in [0.15, 0.2) is 0 Å². The number of carbonyl (C=O) groups is 3. The summed E-state index contributed by atoms with van der Waals surface area (Å²) in [7, 11) is 0. The van der Waals surface area contributed by atoms with E-state index >= 15 is 0 Å². The van der Waals surface area contributed by atoms with Crippen molar-refractivity contribution in [3.63, 3.8) is 0 Å². The summed E-state index contributed by atoms with van der Waals surface area (Å²) in [6, 6.07) is 4.31. The maximum absolute atomic E-state index is 12.5. The SMILES string of the molecule is O=C(Nc1ccc(Cl)c(Cl)c1)N1CC(N2C(=O)C3CC=CCC3C2=O)C1. The summed E-state index contributed by atoms with van der Waals surface area (Å²) in [5, 5.41) is 3.51. The van der Waals surface area contributed by atoms with Crippen molar-refractivity contribution in [2.75, 3.05) is 18.4 Å². The molecule has 0 saturated carbocycles. The van der Waals surface area contributed by atoms with Crippen LogP contribution in [0.3, 0.4) is 0 Å². The molecule has 1 N–H and O–H groups in total. The number of fused-ring (bicyclic) bond motifs is 1. The van der Waals surface area contributed by atoms with Gasteiger partial charge in [-0.25, -0.2) is 4.79 Å². The molecule has 2 heterocycles. The normalized spacial score (nSPS) is 25.3. The van der Waals surface area contributed by atoms with E-state index in [0.717, 1.165) is 0 Å². The smallest absolute Gasteiger partial charge is 0.320 e. The predicted octanol–water partition coefficient (Wildman–Crippen LogP) is 3.16. The van der Waals surface area contributed by atoms with Crippen molar-refractivity contribution in [2.24, 2.45) is 11.8 Å². The molecule has 6 nitrogen and oxygen atoms in total. The lowest BCUT2D eigenvalue weighted by atomic mass is 9.85. The van der Waals surface area contributed by atoms with Crippen molar-refractivity contribution in [1.29, 1.82) is 0 Å². The Morgan fingerprint density at radius 3 is 2.19 bits per heavy atom. The van der Waals surface area contributed by atoms with E-state index in [-0.39, 0.29) is 35.7 Å². The minimum atomic E-state index is -0.294. The second kappa shape index (κ2) is 6.59. The fourth-order valence-corrected chi connectivity index (χ4v) is 4.04. The highest BCUT2D eigenvalue weighted by Crippen LogP contribution is 2.37. The molecule has 2 fully saturated rings. The molecule has 0 spiro atoms. The molecular formula is C18H17Cl2N3O3. The number of amides is 4. The summed E-state index contributed by atoms with van der Waals surface area (Å²) in [5.74, 6) is -0.657. The van der Waals surface area contributed by atoms with Gasteiger partial charge in [-0.1, -0.05) is 35.4 Å². The van der Waals surface area contributed by atoms with E-state index in [1.807, 2.05) is 12.2 Å². The second-order valence-electron chi connectivity index (χ2n) is 6.82. The largest absolute Gasteiger partial charge is 0.321 e. The molecule has 0 radical (unpaired) electrons. The average Bonchev–Trinajstić information content (AvgIpc) is 2.83. The Balaban J connectivity index is 1.36. The van der Waals surface area contributed by atoms with Crippen LogP contribution in [-0.2, 0) is 9.59 Å². The van der Waals surface area contributed by atoms with Crippen molar-refractivity contribution in [3.8, 4) is 0 Å². The number of benzene rings is 1. The standard InChI is InChI=1S/C18H17Cl2N3O3/c19-14-6-5-10(7-15(14)20)21-18(26)22-8-11(9-22)23-16(24)12-3-1-2-4-13(12)17(23)25/h1-2,5-7,11-13H,3-4,8-9H2,(H,21,26). The summed E-state index contributed by atoms with van der Waals surface area (Å²) in [6.07, 6.45) is 5.18. The van der Waals surface area contributed by atoms with Crippen LogP contribution >= 0.6 is 23.2 Å². The highest BCUT2D eigenvalue weighted by atomic mass is 35.5. The molecule has 2 unspecified atom stereocenters. The minimum absolute atomic E-state index is 0.0982. The number of hydrogen-bond acceptors (Lipinski definition) is 3. The Morgan fingerprint density at radius 2 is 1.62 bits per heavy atom. The van der Waals surface area contributed by atoms with Crippen molar-refractivity contribution >= 4 is 46.7 Å². The number of carbonyl (C=O) groups excluding carboxylic acids is 3. The number of imide groups is 1. The van der Waals surface area contributed by atoms with Crippen LogP contribution in [0.15, 0.2) is 30.4 Å². The van der Waals surface area contributed by atoms with E-state index in [0.29, 0.717) is 41.7 Å². The number of anilines is 1. The molecule has 4 rings (SSSR count). The molecule has 1 aliphatic carbocycles. The number of halogens is 2. The Labute approximate surface area is 160 Å². The number of nitrogens with one attached hydrogen (secondary N) is 1. The molecule has 136 valence electrons. The first-order valence-electron chi connectivity index (χ1n) is 8.48. The topological polar surface area (TPSA) is 69.7 Å². The highest BCUT2D eigenvalue weighted by Gasteiger charge is 2.52. The lowest BCUT2D eigenvalue weighted by molar-refractivity contribution is -0.145. The first kappa shape index (κ1) is 17.4. The lowest BCUT2D eigenvalue weighted by Gasteiger charge is -2.43. The molecule has 0 bridgehead atoms. The van der Waals surface area contributed by atoms with Gasteiger partial charge in [0.2, 0.25) is 11.8 Å². The lowest BCUT2D eigenvalue weighted by Crippen LogP contribution is -2.63. The van der Waals surface area contributed by atoms with Crippen LogP contribution in [0.1, 0.15) is 12.8 Å². The van der Waals surface area contributed by atoms with Gasteiger partial charge in [-0.3, -0.25) is 14.5 Å². The van der Waals surface area contributed by atoms with E-state index in [1.165, 1.54) is 4.90 Å². The van der Waals surface area contributed by atoms with Crippen LogP contribution < -0.4 is 5.32 Å². The van der Waals surface area contributed by atoms with Crippen LogP contribution in [-0.4, -0.2) is 46.8 Å². The van der Waals surface area contributed by atoms with Gasteiger partial charge in [0.25, 0.3) is 0 Å². The third-order valence-electron chi connectivity index (χ3n) is 5.23. The van der Waals surface area contributed by atoms with E-state index in [4.69, 9.17) is 23.2 Å². The zero-order chi connectivity index (χ0) is 18.4. The minimum Gasteiger partial charge on any atom is -0.320 e. The van der Waals surface area contributed by atoms with Crippen molar-refractivity contribution in [3.05, 3.63) is 40.4 Å². The number of likely N-dealkylation sites (tertiary alicyclic amines) is 2. The highest BCUT2D eigenvalue weighted by molar-refractivity contribution is 6.42. The second-order valence-corrected chi connectivity index (χ2v) is 7.63. The molecule has 1 aromatic rings. The van der Waals surface area contributed by atoms with Crippen LogP contribution in [0.2, 0.25) is 10.0 Å². The molecule has 2 aliphatic heterocycles. The van der Waals surface area contributed by atoms with Gasteiger partial charge >= 0.3 is 6.03 Å². The number of hydrogen-bond donors (Lipinski definition) is 1. The number of nitrogens with zero attached hydrogens (tertiary/aromatic N) is 2. The monoisotopic (exact) mass is 393 g/mol. The van der Waals surface area contributed by atoms with Gasteiger partial charge in [-0.2, -0.15) is 0 Å². The molecule has 2 atom stereocenters. The molecule has 8 heteroatoms. The zero-order valence-corrected chi connectivity index (χ0v) is 15.3. The molecular weight excluding hydrogens is 377 g/mol.